The topological polar surface area (TPSA) is 78.9 Å². The normalized spacial score (nSPS) is 10.3. The van der Waals surface area contributed by atoms with Crippen molar-refractivity contribution in [3.8, 4) is 23.0 Å². The van der Waals surface area contributed by atoms with E-state index in [-0.39, 0.29) is 12.5 Å². The number of rotatable bonds is 11. The Labute approximate surface area is 181 Å². The Morgan fingerprint density at radius 2 is 1.61 bits per heavy atom. The molecule has 1 amide bonds. The molecule has 0 aliphatic rings. The second-order valence-corrected chi connectivity index (χ2v) is 6.67. The molecule has 0 saturated heterocycles. The molecule has 0 fully saturated rings. The summed E-state index contributed by atoms with van der Waals surface area (Å²) in [6.45, 7) is 2.96. The van der Waals surface area contributed by atoms with Crippen LogP contribution >= 0.6 is 0 Å². The van der Waals surface area contributed by atoms with Gasteiger partial charge in [0.2, 0.25) is 0 Å². The first-order valence-corrected chi connectivity index (χ1v) is 10.0. The first kappa shape index (κ1) is 22.0. The van der Waals surface area contributed by atoms with Gasteiger partial charge in [0.25, 0.3) is 5.91 Å². The molecular formula is C24H26N2O5. The fourth-order valence-corrected chi connectivity index (χ4v) is 2.71. The Bertz CT molecular complexity index is 961. The molecular weight excluding hydrogens is 396 g/mol. The minimum Gasteiger partial charge on any atom is -0.494 e. The molecule has 1 heterocycles. The highest BCUT2D eigenvalue weighted by molar-refractivity contribution is 5.92. The standard InChI is InChI=1S/C24H26N2O5/c1-3-14-29-20-5-7-21(8-6-20)30-17-24(27)26-19-4-9-22(28-2)23(15-19)31-16-18-10-12-25-13-11-18/h4-13,15H,3,14,16-17H2,1-2H3,(H,26,27). The van der Waals surface area contributed by atoms with Crippen molar-refractivity contribution in [2.75, 3.05) is 25.6 Å². The lowest BCUT2D eigenvalue weighted by molar-refractivity contribution is -0.118. The van der Waals surface area contributed by atoms with Gasteiger partial charge in [0.1, 0.15) is 18.1 Å². The quantitative estimate of drug-likeness (QED) is 0.491. The first-order valence-electron chi connectivity index (χ1n) is 10.0. The number of amides is 1. The van der Waals surface area contributed by atoms with Gasteiger partial charge < -0.3 is 24.3 Å². The molecule has 0 spiro atoms. The van der Waals surface area contributed by atoms with Crippen molar-refractivity contribution in [2.45, 2.75) is 20.0 Å². The van der Waals surface area contributed by atoms with Gasteiger partial charge in [-0.2, -0.15) is 0 Å². The number of ether oxygens (including phenoxy) is 4. The predicted molar refractivity (Wildman–Crippen MR) is 118 cm³/mol. The molecule has 3 rings (SSSR count). The smallest absolute Gasteiger partial charge is 0.262 e. The van der Waals surface area contributed by atoms with Crippen molar-refractivity contribution in [1.82, 2.24) is 4.98 Å². The van der Waals surface area contributed by atoms with Crippen LogP contribution in [-0.2, 0) is 11.4 Å². The molecule has 0 bridgehead atoms. The second kappa shape index (κ2) is 11.4. The number of hydrogen-bond donors (Lipinski definition) is 1. The largest absolute Gasteiger partial charge is 0.494 e. The number of nitrogens with one attached hydrogen (secondary N) is 1. The molecule has 0 atom stereocenters. The van der Waals surface area contributed by atoms with Gasteiger partial charge in [0.15, 0.2) is 18.1 Å². The fourth-order valence-electron chi connectivity index (χ4n) is 2.71. The van der Waals surface area contributed by atoms with Crippen LogP contribution in [-0.4, -0.2) is 31.2 Å². The molecule has 7 nitrogen and oxygen atoms in total. The van der Waals surface area contributed by atoms with Crippen LogP contribution in [0.15, 0.2) is 67.0 Å². The number of pyridine rings is 1. The maximum absolute atomic E-state index is 12.3. The highest BCUT2D eigenvalue weighted by atomic mass is 16.5. The lowest BCUT2D eigenvalue weighted by Gasteiger charge is -2.13. The first-order chi connectivity index (χ1) is 15.2. The summed E-state index contributed by atoms with van der Waals surface area (Å²) in [7, 11) is 1.57. The Morgan fingerprint density at radius 1 is 0.903 bits per heavy atom. The molecule has 3 aromatic rings. The number of carbonyl (C=O) groups excluding carboxylic acids is 1. The van der Waals surface area contributed by atoms with Gasteiger partial charge >= 0.3 is 0 Å². The molecule has 0 aliphatic carbocycles. The van der Waals surface area contributed by atoms with Gasteiger partial charge in [-0.1, -0.05) is 6.92 Å². The van der Waals surface area contributed by atoms with Crippen LogP contribution in [0.4, 0.5) is 5.69 Å². The van der Waals surface area contributed by atoms with E-state index >= 15 is 0 Å². The van der Waals surface area contributed by atoms with Crippen LogP contribution < -0.4 is 24.3 Å². The summed E-state index contributed by atoms with van der Waals surface area (Å²) in [5.41, 5.74) is 1.56. The zero-order valence-electron chi connectivity index (χ0n) is 17.7. The number of hydrogen-bond acceptors (Lipinski definition) is 6. The maximum Gasteiger partial charge on any atom is 0.262 e. The number of anilines is 1. The maximum atomic E-state index is 12.3. The van der Waals surface area contributed by atoms with Crippen LogP contribution in [0.2, 0.25) is 0 Å². The van der Waals surface area contributed by atoms with E-state index in [1.165, 1.54) is 0 Å². The van der Waals surface area contributed by atoms with Crippen molar-refractivity contribution < 1.29 is 23.7 Å². The Balaban J connectivity index is 1.54. The van der Waals surface area contributed by atoms with Crippen LogP contribution in [0.3, 0.4) is 0 Å². The van der Waals surface area contributed by atoms with E-state index in [0.29, 0.717) is 36.1 Å². The van der Waals surface area contributed by atoms with Gasteiger partial charge in [-0.15, -0.1) is 0 Å². The third-order valence-electron chi connectivity index (χ3n) is 4.26. The van der Waals surface area contributed by atoms with Crippen LogP contribution in [0.5, 0.6) is 23.0 Å². The summed E-state index contributed by atoms with van der Waals surface area (Å²) in [4.78, 5) is 16.3. The molecule has 7 heteroatoms. The number of methoxy groups -OCH3 is 1. The van der Waals surface area contributed by atoms with E-state index in [1.54, 1.807) is 49.8 Å². The van der Waals surface area contributed by atoms with E-state index in [2.05, 4.69) is 17.2 Å². The van der Waals surface area contributed by atoms with E-state index < -0.39 is 0 Å². The Morgan fingerprint density at radius 3 is 2.29 bits per heavy atom. The minimum atomic E-state index is -0.281. The number of aromatic nitrogens is 1. The molecule has 0 aliphatic heterocycles. The molecule has 1 aromatic heterocycles. The minimum absolute atomic E-state index is 0.117. The summed E-state index contributed by atoms with van der Waals surface area (Å²) in [5, 5.41) is 2.81. The number of nitrogens with zero attached hydrogens (tertiary/aromatic N) is 1. The van der Waals surface area contributed by atoms with Gasteiger partial charge in [-0.05, 0) is 60.5 Å². The summed E-state index contributed by atoms with van der Waals surface area (Å²) >= 11 is 0. The van der Waals surface area contributed by atoms with Gasteiger partial charge in [-0.3, -0.25) is 9.78 Å². The molecule has 162 valence electrons. The monoisotopic (exact) mass is 422 g/mol. The van der Waals surface area contributed by atoms with E-state index in [0.717, 1.165) is 17.7 Å². The van der Waals surface area contributed by atoms with Gasteiger partial charge in [-0.25, -0.2) is 0 Å². The highest BCUT2D eigenvalue weighted by Crippen LogP contribution is 2.31. The van der Waals surface area contributed by atoms with Gasteiger partial charge in [0.05, 0.1) is 13.7 Å². The molecule has 0 unspecified atom stereocenters. The van der Waals surface area contributed by atoms with Crippen molar-refractivity contribution >= 4 is 11.6 Å². The average molecular weight is 422 g/mol. The van der Waals surface area contributed by atoms with E-state index in [4.69, 9.17) is 18.9 Å². The molecule has 1 N–H and O–H groups in total. The molecule has 0 saturated carbocycles. The van der Waals surface area contributed by atoms with Crippen molar-refractivity contribution in [2.24, 2.45) is 0 Å². The van der Waals surface area contributed by atoms with Gasteiger partial charge in [0, 0.05) is 24.1 Å². The predicted octanol–water partition coefficient (Wildman–Crippen LogP) is 4.48. The number of benzene rings is 2. The van der Waals surface area contributed by atoms with Crippen molar-refractivity contribution in [1.29, 1.82) is 0 Å². The summed E-state index contributed by atoms with van der Waals surface area (Å²) in [5.74, 6) is 2.19. The fraction of sp³-hybridized carbons (Fsp3) is 0.250. The lowest BCUT2D eigenvalue weighted by Crippen LogP contribution is -2.20. The zero-order chi connectivity index (χ0) is 21.9. The summed E-state index contributed by atoms with van der Waals surface area (Å²) < 4.78 is 22.3. The second-order valence-electron chi connectivity index (χ2n) is 6.67. The Hall–Kier alpha value is -3.74. The van der Waals surface area contributed by atoms with Crippen molar-refractivity contribution in [3.63, 3.8) is 0 Å². The van der Waals surface area contributed by atoms with Crippen LogP contribution in [0.1, 0.15) is 18.9 Å². The third kappa shape index (κ3) is 6.92. The molecule has 0 radical (unpaired) electrons. The van der Waals surface area contributed by atoms with Crippen LogP contribution in [0.25, 0.3) is 0 Å². The lowest BCUT2D eigenvalue weighted by atomic mass is 10.2. The summed E-state index contributed by atoms with van der Waals surface area (Å²) in [6.07, 6.45) is 4.36. The van der Waals surface area contributed by atoms with E-state index in [9.17, 15) is 4.79 Å². The highest BCUT2D eigenvalue weighted by Gasteiger charge is 2.10. The summed E-state index contributed by atoms with van der Waals surface area (Å²) in [6, 6.07) is 16.1. The third-order valence-corrected chi connectivity index (χ3v) is 4.26. The zero-order valence-corrected chi connectivity index (χ0v) is 17.7. The van der Waals surface area contributed by atoms with Crippen molar-refractivity contribution in [3.05, 3.63) is 72.6 Å². The molecule has 31 heavy (non-hydrogen) atoms. The SMILES string of the molecule is CCCOc1ccc(OCC(=O)Nc2ccc(OC)c(OCc3ccncc3)c2)cc1. The average Bonchev–Trinajstić information content (AvgIpc) is 2.81. The number of carbonyl (C=O) groups is 1. The Kier molecular flexibility index (Phi) is 8.11. The molecule has 2 aromatic carbocycles. The van der Waals surface area contributed by atoms with Crippen LogP contribution in [0, 0.1) is 0 Å². The van der Waals surface area contributed by atoms with E-state index in [1.807, 2.05) is 24.3 Å².